The molecule has 0 aromatic carbocycles. The SMILES string of the molecule is CCCCCCCCCCCCCCCC(=O)OC(=O)[C@H](CCCCN)[N+](C)(C)C. The molecule has 0 aromatic heterocycles. The Morgan fingerprint density at radius 1 is 0.733 bits per heavy atom. The zero-order valence-corrected chi connectivity index (χ0v) is 20.6. The quantitative estimate of drug-likeness (QED) is 0.116. The van der Waals surface area contributed by atoms with Gasteiger partial charge in [-0.2, -0.15) is 0 Å². The third kappa shape index (κ3) is 16.8. The van der Waals surface area contributed by atoms with Crippen molar-refractivity contribution in [2.75, 3.05) is 27.7 Å². The highest BCUT2D eigenvalue weighted by atomic mass is 16.6. The zero-order chi connectivity index (χ0) is 22.7. The number of carbonyl (C=O) groups excluding carboxylic acids is 2. The maximum atomic E-state index is 12.4. The fourth-order valence-corrected chi connectivity index (χ4v) is 3.82. The summed E-state index contributed by atoms with van der Waals surface area (Å²) in [5.41, 5.74) is 5.55. The van der Waals surface area contributed by atoms with Gasteiger partial charge in [0.2, 0.25) is 0 Å². The summed E-state index contributed by atoms with van der Waals surface area (Å²) >= 11 is 0. The molecule has 2 N–H and O–H groups in total. The monoisotopic (exact) mass is 427 g/mol. The third-order valence-corrected chi connectivity index (χ3v) is 5.84. The van der Waals surface area contributed by atoms with Crippen LogP contribution in [0, 0.1) is 0 Å². The van der Waals surface area contributed by atoms with E-state index in [1.54, 1.807) is 0 Å². The molecule has 30 heavy (non-hydrogen) atoms. The van der Waals surface area contributed by atoms with Crippen LogP contribution in [0.4, 0.5) is 0 Å². The van der Waals surface area contributed by atoms with Gasteiger partial charge in [0.1, 0.15) is 0 Å². The van der Waals surface area contributed by atoms with E-state index in [9.17, 15) is 9.59 Å². The molecular formula is C25H51N2O3+. The van der Waals surface area contributed by atoms with E-state index in [0.29, 0.717) is 23.9 Å². The van der Waals surface area contributed by atoms with Crippen molar-refractivity contribution in [3.05, 3.63) is 0 Å². The molecule has 178 valence electrons. The number of quaternary nitrogens is 1. The number of likely N-dealkylation sites (N-methyl/N-ethyl adjacent to an activating group) is 1. The van der Waals surface area contributed by atoms with Crippen LogP contribution in [0.15, 0.2) is 0 Å². The lowest BCUT2D eigenvalue weighted by molar-refractivity contribution is -0.887. The number of unbranched alkanes of at least 4 members (excludes halogenated alkanes) is 13. The highest BCUT2D eigenvalue weighted by molar-refractivity contribution is 5.87. The number of carbonyl (C=O) groups is 2. The number of esters is 2. The van der Waals surface area contributed by atoms with Crippen LogP contribution in [0.1, 0.15) is 116 Å². The minimum atomic E-state index is -0.390. The van der Waals surface area contributed by atoms with Crippen molar-refractivity contribution < 1.29 is 18.8 Å². The highest BCUT2D eigenvalue weighted by Gasteiger charge is 2.33. The van der Waals surface area contributed by atoms with Crippen LogP contribution in [-0.2, 0) is 14.3 Å². The van der Waals surface area contributed by atoms with Gasteiger partial charge in [0, 0.05) is 12.8 Å². The van der Waals surface area contributed by atoms with Crippen LogP contribution in [0.2, 0.25) is 0 Å². The van der Waals surface area contributed by atoms with Crippen LogP contribution in [-0.4, -0.2) is 50.2 Å². The Bertz CT molecular complexity index is 433. The van der Waals surface area contributed by atoms with Crippen molar-refractivity contribution >= 4 is 11.9 Å². The maximum absolute atomic E-state index is 12.4. The molecule has 0 rings (SSSR count). The van der Waals surface area contributed by atoms with Gasteiger partial charge in [0.15, 0.2) is 6.04 Å². The topological polar surface area (TPSA) is 69.4 Å². The van der Waals surface area contributed by atoms with Crippen LogP contribution >= 0.6 is 0 Å². The fraction of sp³-hybridized carbons (Fsp3) is 0.920. The predicted octanol–water partition coefficient (Wildman–Crippen LogP) is 5.74. The summed E-state index contributed by atoms with van der Waals surface area (Å²) in [6, 6.07) is -0.313. The molecule has 0 saturated heterocycles. The van der Waals surface area contributed by atoms with E-state index in [4.69, 9.17) is 10.5 Å². The van der Waals surface area contributed by atoms with Crippen molar-refractivity contribution in [1.82, 2.24) is 0 Å². The van der Waals surface area contributed by atoms with Crippen molar-refractivity contribution in [2.45, 2.75) is 122 Å². The van der Waals surface area contributed by atoms with E-state index < -0.39 is 0 Å². The lowest BCUT2D eigenvalue weighted by Gasteiger charge is -2.32. The van der Waals surface area contributed by atoms with Crippen molar-refractivity contribution in [3.8, 4) is 0 Å². The molecule has 0 radical (unpaired) electrons. The summed E-state index contributed by atoms with van der Waals surface area (Å²) in [7, 11) is 5.89. The second-order valence-corrected chi connectivity index (χ2v) is 9.70. The summed E-state index contributed by atoms with van der Waals surface area (Å²) in [4.78, 5) is 24.5. The summed E-state index contributed by atoms with van der Waals surface area (Å²) < 4.78 is 5.62. The number of hydrogen-bond acceptors (Lipinski definition) is 4. The van der Waals surface area contributed by atoms with Gasteiger partial charge in [-0.1, -0.05) is 84.0 Å². The lowest BCUT2D eigenvalue weighted by Crippen LogP contribution is -2.50. The molecule has 5 heteroatoms. The Kier molecular flexibility index (Phi) is 18.2. The predicted molar refractivity (Wildman–Crippen MR) is 126 cm³/mol. The molecule has 5 nitrogen and oxygen atoms in total. The van der Waals surface area contributed by atoms with Crippen LogP contribution in [0.5, 0.6) is 0 Å². The van der Waals surface area contributed by atoms with E-state index >= 15 is 0 Å². The smallest absolute Gasteiger partial charge is 0.372 e. The molecule has 0 unspecified atom stereocenters. The molecule has 0 spiro atoms. The summed E-state index contributed by atoms with van der Waals surface area (Å²) in [6.45, 7) is 2.88. The summed E-state index contributed by atoms with van der Waals surface area (Å²) in [5.74, 6) is -0.764. The minimum Gasteiger partial charge on any atom is -0.389 e. The molecule has 0 heterocycles. The normalized spacial score (nSPS) is 12.7. The van der Waals surface area contributed by atoms with E-state index in [0.717, 1.165) is 25.7 Å². The van der Waals surface area contributed by atoms with Gasteiger partial charge in [0.25, 0.3) is 0 Å². The zero-order valence-electron chi connectivity index (χ0n) is 20.6. The van der Waals surface area contributed by atoms with Crippen molar-refractivity contribution in [3.63, 3.8) is 0 Å². The molecule has 0 amide bonds. The van der Waals surface area contributed by atoms with E-state index in [1.807, 2.05) is 21.1 Å². The number of ether oxygens (including phenoxy) is 1. The molecule has 0 aliphatic carbocycles. The van der Waals surface area contributed by atoms with Gasteiger partial charge in [-0.25, -0.2) is 4.79 Å². The van der Waals surface area contributed by atoms with Gasteiger partial charge < -0.3 is 15.0 Å². The van der Waals surface area contributed by atoms with Gasteiger partial charge in [-0.15, -0.1) is 0 Å². The first kappa shape index (κ1) is 29.1. The number of rotatable bonds is 20. The Morgan fingerprint density at radius 2 is 1.20 bits per heavy atom. The Hall–Kier alpha value is -0.940. The molecule has 0 bridgehead atoms. The van der Waals surface area contributed by atoms with Crippen molar-refractivity contribution in [2.24, 2.45) is 5.73 Å². The minimum absolute atomic E-state index is 0.313. The largest absolute Gasteiger partial charge is 0.389 e. The Balaban J connectivity index is 3.75. The Labute approximate surface area is 186 Å². The first-order valence-electron chi connectivity index (χ1n) is 12.6. The van der Waals surface area contributed by atoms with Crippen molar-refractivity contribution in [1.29, 1.82) is 0 Å². The number of hydrogen-bond donors (Lipinski definition) is 1. The van der Waals surface area contributed by atoms with E-state index in [1.165, 1.54) is 70.6 Å². The first-order valence-corrected chi connectivity index (χ1v) is 12.6. The Morgan fingerprint density at radius 3 is 1.63 bits per heavy atom. The number of nitrogens with two attached hydrogens (primary N) is 1. The van der Waals surface area contributed by atoms with Crippen LogP contribution < -0.4 is 5.73 Å². The molecule has 1 atom stereocenters. The molecule has 0 aliphatic rings. The second-order valence-electron chi connectivity index (χ2n) is 9.70. The third-order valence-electron chi connectivity index (χ3n) is 5.84. The van der Waals surface area contributed by atoms with E-state index in [2.05, 4.69) is 6.92 Å². The molecule has 0 aromatic rings. The summed E-state index contributed by atoms with van der Waals surface area (Å²) in [5, 5.41) is 0. The van der Waals surface area contributed by atoms with Gasteiger partial charge >= 0.3 is 11.9 Å². The number of nitrogens with zero attached hydrogens (tertiary/aromatic N) is 1. The average Bonchev–Trinajstić information content (AvgIpc) is 2.67. The van der Waals surface area contributed by atoms with Gasteiger partial charge in [0.05, 0.1) is 21.1 Å². The fourth-order valence-electron chi connectivity index (χ4n) is 3.82. The highest BCUT2D eigenvalue weighted by Crippen LogP contribution is 2.15. The molecule has 0 fully saturated rings. The van der Waals surface area contributed by atoms with Gasteiger partial charge in [-0.3, -0.25) is 4.79 Å². The molecule has 0 aliphatic heterocycles. The molecular weight excluding hydrogens is 376 g/mol. The first-order chi connectivity index (χ1) is 14.3. The van der Waals surface area contributed by atoms with Crippen LogP contribution in [0.3, 0.4) is 0 Å². The van der Waals surface area contributed by atoms with Crippen LogP contribution in [0.25, 0.3) is 0 Å². The molecule has 0 saturated carbocycles. The van der Waals surface area contributed by atoms with Gasteiger partial charge in [-0.05, 0) is 25.8 Å². The maximum Gasteiger partial charge on any atom is 0.372 e. The second kappa shape index (κ2) is 18.8. The van der Waals surface area contributed by atoms with E-state index in [-0.39, 0.29) is 18.0 Å². The standard InChI is InChI=1S/C25H51N2O3/c1-5-6-7-8-9-10-11-12-13-14-15-16-17-21-24(28)30-25(29)23(27(2,3)4)20-18-19-22-26/h23H,5-22,26H2,1-4H3/q+1/t23-/m0/s1. The summed E-state index contributed by atoms with van der Waals surface area (Å²) in [6.07, 6.45) is 19.3. The average molecular weight is 428 g/mol. The lowest BCUT2D eigenvalue weighted by atomic mass is 10.0.